The summed E-state index contributed by atoms with van der Waals surface area (Å²) in [5.74, 6) is -0.0222. The summed E-state index contributed by atoms with van der Waals surface area (Å²) in [6.45, 7) is 2.46. The molecule has 0 unspecified atom stereocenters. The van der Waals surface area contributed by atoms with Gasteiger partial charge in [-0.05, 0) is 30.7 Å². The Kier molecular flexibility index (Phi) is 4.04. The largest absolute Gasteiger partial charge is 0.336 e. The van der Waals surface area contributed by atoms with Gasteiger partial charge in [-0.15, -0.1) is 0 Å². The fourth-order valence-corrected chi connectivity index (χ4v) is 2.21. The molecule has 0 saturated heterocycles. The normalized spacial score (nSPS) is 10.5. The van der Waals surface area contributed by atoms with Gasteiger partial charge in [0.25, 0.3) is 5.91 Å². The molecule has 100 valence electrons. The van der Waals surface area contributed by atoms with Crippen LogP contribution in [0.4, 0.5) is 0 Å². The van der Waals surface area contributed by atoms with E-state index >= 15 is 0 Å². The fraction of sp³-hybridized carbons (Fsp3) is 0.286. The molecular formula is C14H16BrN3O. The number of carbonyl (C=O) groups is 1. The molecule has 1 amide bonds. The zero-order valence-corrected chi connectivity index (χ0v) is 12.8. The Morgan fingerprint density at radius 3 is 2.53 bits per heavy atom. The quantitative estimate of drug-likeness (QED) is 0.871. The molecule has 2 rings (SSSR count). The third-order valence-electron chi connectivity index (χ3n) is 2.90. The van der Waals surface area contributed by atoms with Gasteiger partial charge in [-0.25, -0.2) is 0 Å². The van der Waals surface area contributed by atoms with E-state index in [0.29, 0.717) is 12.2 Å². The lowest BCUT2D eigenvalue weighted by atomic mass is 10.2. The van der Waals surface area contributed by atoms with Crippen LogP contribution in [0.15, 0.2) is 34.8 Å². The number of hydrogen-bond acceptors (Lipinski definition) is 2. The molecule has 0 bridgehead atoms. The molecular weight excluding hydrogens is 306 g/mol. The van der Waals surface area contributed by atoms with Gasteiger partial charge >= 0.3 is 0 Å². The van der Waals surface area contributed by atoms with E-state index in [4.69, 9.17) is 0 Å². The molecule has 4 nitrogen and oxygen atoms in total. The molecule has 0 saturated carbocycles. The first-order valence-corrected chi connectivity index (χ1v) is 6.77. The summed E-state index contributed by atoms with van der Waals surface area (Å²) in [4.78, 5) is 14.0. The standard InChI is InChI=1S/C14H16BrN3O/c1-10-8-13(18(3)16-10)14(19)17(2)9-11-4-6-12(15)7-5-11/h4-8H,9H2,1-3H3. The predicted molar refractivity (Wildman–Crippen MR) is 77.9 cm³/mol. The Balaban J connectivity index is 2.11. The van der Waals surface area contributed by atoms with Crippen LogP contribution >= 0.6 is 15.9 Å². The van der Waals surface area contributed by atoms with E-state index < -0.39 is 0 Å². The molecule has 2 aromatic rings. The van der Waals surface area contributed by atoms with Gasteiger partial charge in [0.2, 0.25) is 0 Å². The summed E-state index contributed by atoms with van der Waals surface area (Å²) >= 11 is 3.40. The van der Waals surface area contributed by atoms with E-state index in [9.17, 15) is 4.79 Å². The maximum atomic E-state index is 12.3. The van der Waals surface area contributed by atoms with Crippen molar-refractivity contribution in [2.24, 2.45) is 7.05 Å². The van der Waals surface area contributed by atoms with Gasteiger partial charge in [-0.3, -0.25) is 9.48 Å². The smallest absolute Gasteiger partial charge is 0.272 e. The van der Waals surface area contributed by atoms with Crippen molar-refractivity contribution in [3.63, 3.8) is 0 Å². The van der Waals surface area contributed by atoms with Crippen LogP contribution in [0, 0.1) is 6.92 Å². The van der Waals surface area contributed by atoms with Gasteiger partial charge in [0.1, 0.15) is 5.69 Å². The lowest BCUT2D eigenvalue weighted by molar-refractivity contribution is 0.0774. The molecule has 0 aliphatic heterocycles. The third kappa shape index (κ3) is 3.23. The fourth-order valence-electron chi connectivity index (χ4n) is 1.94. The van der Waals surface area contributed by atoms with Gasteiger partial charge in [-0.2, -0.15) is 5.10 Å². The van der Waals surface area contributed by atoms with Gasteiger partial charge in [0.05, 0.1) is 5.69 Å². The Morgan fingerprint density at radius 2 is 2.00 bits per heavy atom. The van der Waals surface area contributed by atoms with Crippen LogP contribution in [0.1, 0.15) is 21.7 Å². The van der Waals surface area contributed by atoms with E-state index in [0.717, 1.165) is 15.7 Å². The number of halogens is 1. The van der Waals surface area contributed by atoms with Gasteiger partial charge in [0, 0.05) is 25.1 Å². The van der Waals surface area contributed by atoms with E-state index in [1.165, 1.54) is 0 Å². The van der Waals surface area contributed by atoms with Crippen LogP contribution in [0.3, 0.4) is 0 Å². The van der Waals surface area contributed by atoms with Crippen molar-refractivity contribution in [2.45, 2.75) is 13.5 Å². The molecule has 0 spiro atoms. The molecule has 0 atom stereocenters. The van der Waals surface area contributed by atoms with Crippen LogP contribution in [0.25, 0.3) is 0 Å². The molecule has 1 heterocycles. The van der Waals surface area contributed by atoms with E-state index in [2.05, 4.69) is 21.0 Å². The van der Waals surface area contributed by atoms with Crippen molar-refractivity contribution in [1.29, 1.82) is 0 Å². The van der Waals surface area contributed by atoms with Crippen molar-refractivity contribution in [3.05, 3.63) is 51.8 Å². The van der Waals surface area contributed by atoms with Crippen molar-refractivity contribution < 1.29 is 4.79 Å². The van der Waals surface area contributed by atoms with Crippen LogP contribution in [0.2, 0.25) is 0 Å². The second kappa shape index (κ2) is 5.57. The zero-order chi connectivity index (χ0) is 14.0. The monoisotopic (exact) mass is 321 g/mol. The predicted octanol–water partition coefficient (Wildman–Crippen LogP) is 2.76. The Hall–Kier alpha value is -1.62. The molecule has 5 heteroatoms. The summed E-state index contributed by atoms with van der Waals surface area (Å²) in [5, 5.41) is 4.20. The Labute approximate surface area is 121 Å². The number of benzene rings is 1. The zero-order valence-electron chi connectivity index (χ0n) is 11.2. The van der Waals surface area contributed by atoms with E-state index in [1.807, 2.05) is 31.2 Å². The van der Waals surface area contributed by atoms with Gasteiger partial charge in [0.15, 0.2) is 0 Å². The van der Waals surface area contributed by atoms with Crippen LogP contribution in [0.5, 0.6) is 0 Å². The van der Waals surface area contributed by atoms with Gasteiger partial charge < -0.3 is 4.90 Å². The number of aromatic nitrogens is 2. The molecule has 19 heavy (non-hydrogen) atoms. The summed E-state index contributed by atoms with van der Waals surface area (Å²) in [6, 6.07) is 9.76. The number of amides is 1. The number of nitrogens with zero attached hydrogens (tertiary/aromatic N) is 3. The summed E-state index contributed by atoms with van der Waals surface area (Å²) < 4.78 is 2.66. The topological polar surface area (TPSA) is 38.1 Å². The summed E-state index contributed by atoms with van der Waals surface area (Å²) in [7, 11) is 3.58. The molecule has 0 radical (unpaired) electrons. The first-order valence-electron chi connectivity index (χ1n) is 5.98. The first-order chi connectivity index (χ1) is 8.97. The Morgan fingerprint density at radius 1 is 1.37 bits per heavy atom. The lowest BCUT2D eigenvalue weighted by Crippen LogP contribution is -2.28. The summed E-state index contributed by atoms with van der Waals surface area (Å²) in [5.41, 5.74) is 2.55. The maximum absolute atomic E-state index is 12.3. The highest BCUT2D eigenvalue weighted by Gasteiger charge is 2.16. The molecule has 1 aromatic carbocycles. The van der Waals surface area contributed by atoms with Gasteiger partial charge in [-0.1, -0.05) is 28.1 Å². The minimum absolute atomic E-state index is 0.0222. The second-order valence-electron chi connectivity index (χ2n) is 4.58. The molecule has 0 aliphatic rings. The van der Waals surface area contributed by atoms with Crippen LogP contribution < -0.4 is 0 Å². The van der Waals surface area contributed by atoms with E-state index in [-0.39, 0.29) is 5.91 Å². The molecule has 0 fully saturated rings. The van der Waals surface area contributed by atoms with E-state index in [1.54, 1.807) is 29.7 Å². The maximum Gasteiger partial charge on any atom is 0.272 e. The van der Waals surface area contributed by atoms with Crippen LogP contribution in [-0.2, 0) is 13.6 Å². The Bertz CT molecular complexity index is 589. The number of aryl methyl sites for hydroxylation is 2. The highest BCUT2D eigenvalue weighted by atomic mass is 79.9. The number of rotatable bonds is 3. The van der Waals surface area contributed by atoms with Crippen LogP contribution in [-0.4, -0.2) is 27.6 Å². The van der Waals surface area contributed by atoms with Crippen molar-refractivity contribution in [3.8, 4) is 0 Å². The minimum Gasteiger partial charge on any atom is -0.336 e. The first kappa shape index (κ1) is 13.8. The number of carbonyl (C=O) groups excluding carboxylic acids is 1. The molecule has 1 aromatic heterocycles. The van der Waals surface area contributed by atoms with Crippen molar-refractivity contribution in [1.82, 2.24) is 14.7 Å². The number of hydrogen-bond donors (Lipinski definition) is 0. The average Bonchev–Trinajstić information content (AvgIpc) is 2.70. The minimum atomic E-state index is -0.0222. The third-order valence-corrected chi connectivity index (χ3v) is 3.43. The highest BCUT2D eigenvalue weighted by molar-refractivity contribution is 9.10. The molecule has 0 N–H and O–H groups in total. The summed E-state index contributed by atoms with van der Waals surface area (Å²) in [6.07, 6.45) is 0. The SMILES string of the molecule is Cc1cc(C(=O)N(C)Cc2ccc(Br)cc2)n(C)n1. The second-order valence-corrected chi connectivity index (χ2v) is 5.50. The van der Waals surface area contributed by atoms with Crippen molar-refractivity contribution in [2.75, 3.05) is 7.05 Å². The average molecular weight is 322 g/mol. The molecule has 0 aliphatic carbocycles. The highest BCUT2D eigenvalue weighted by Crippen LogP contribution is 2.13. The lowest BCUT2D eigenvalue weighted by Gasteiger charge is -2.17. The van der Waals surface area contributed by atoms with Crippen molar-refractivity contribution >= 4 is 21.8 Å².